The van der Waals surface area contributed by atoms with Gasteiger partial charge in [-0.1, -0.05) is 18.5 Å². The zero-order valence-electron chi connectivity index (χ0n) is 14.5. The van der Waals surface area contributed by atoms with E-state index in [1.165, 1.54) is 6.42 Å². The van der Waals surface area contributed by atoms with Gasteiger partial charge in [0.25, 0.3) is 5.91 Å². The van der Waals surface area contributed by atoms with Crippen LogP contribution in [0, 0.1) is 5.92 Å². The van der Waals surface area contributed by atoms with Crippen LogP contribution in [0.1, 0.15) is 40.5 Å². The summed E-state index contributed by atoms with van der Waals surface area (Å²) in [7, 11) is 0. The lowest BCUT2D eigenvalue weighted by molar-refractivity contribution is 0.0698. The highest BCUT2D eigenvalue weighted by Gasteiger charge is 2.20. The van der Waals surface area contributed by atoms with E-state index in [2.05, 4.69) is 17.1 Å². The average molecular weight is 373 g/mol. The number of benzene rings is 2. The molecule has 2 aromatic carbocycles. The van der Waals surface area contributed by atoms with Crippen molar-refractivity contribution in [2.75, 3.05) is 23.3 Å². The minimum absolute atomic E-state index is 0.0861. The van der Waals surface area contributed by atoms with E-state index in [-0.39, 0.29) is 17.2 Å². The zero-order chi connectivity index (χ0) is 18.7. The van der Waals surface area contributed by atoms with Crippen molar-refractivity contribution >= 4 is 34.9 Å². The summed E-state index contributed by atoms with van der Waals surface area (Å²) in [4.78, 5) is 26.3. The molecular weight excluding hydrogens is 352 g/mol. The lowest BCUT2D eigenvalue weighted by Crippen LogP contribution is -2.34. The number of aromatic carboxylic acids is 1. The van der Waals surface area contributed by atoms with Gasteiger partial charge < -0.3 is 15.3 Å². The van der Waals surface area contributed by atoms with Crippen molar-refractivity contribution in [1.82, 2.24) is 0 Å². The van der Waals surface area contributed by atoms with Crippen molar-refractivity contribution in [2.45, 2.75) is 19.8 Å². The Morgan fingerprint density at radius 1 is 1.19 bits per heavy atom. The standard InChI is InChI=1S/C20H21ClN2O3/c1-13-3-2-10-23(12-13)16-8-9-18(17(11-16)20(25)26)22-19(24)14-4-6-15(21)7-5-14/h4-9,11,13H,2-3,10,12H2,1H3,(H,22,24)(H,25,26). The van der Waals surface area contributed by atoms with Gasteiger partial charge in [-0.25, -0.2) is 4.79 Å². The highest BCUT2D eigenvalue weighted by Crippen LogP contribution is 2.28. The number of amides is 1. The summed E-state index contributed by atoms with van der Waals surface area (Å²) in [5.41, 5.74) is 1.66. The maximum atomic E-state index is 12.4. The van der Waals surface area contributed by atoms with E-state index in [1.54, 1.807) is 36.4 Å². The second-order valence-corrected chi connectivity index (χ2v) is 7.13. The van der Waals surface area contributed by atoms with E-state index in [0.29, 0.717) is 16.5 Å². The molecule has 26 heavy (non-hydrogen) atoms. The Kier molecular flexibility index (Phi) is 5.47. The number of piperidine rings is 1. The van der Waals surface area contributed by atoms with Gasteiger partial charge >= 0.3 is 5.97 Å². The normalized spacial score (nSPS) is 17.0. The van der Waals surface area contributed by atoms with Gasteiger partial charge in [-0.15, -0.1) is 0 Å². The molecule has 0 aliphatic carbocycles. The van der Waals surface area contributed by atoms with Crippen molar-refractivity contribution < 1.29 is 14.7 Å². The summed E-state index contributed by atoms with van der Waals surface area (Å²) in [5.74, 6) is -0.854. The Labute approximate surface area is 157 Å². The molecule has 2 N–H and O–H groups in total. The van der Waals surface area contributed by atoms with E-state index < -0.39 is 5.97 Å². The molecule has 0 radical (unpaired) electrons. The molecule has 1 atom stereocenters. The molecule has 5 nitrogen and oxygen atoms in total. The lowest BCUT2D eigenvalue weighted by atomic mass is 9.99. The molecule has 0 bridgehead atoms. The fourth-order valence-electron chi connectivity index (χ4n) is 3.23. The molecule has 1 aliphatic heterocycles. The second kappa shape index (κ2) is 7.79. The molecule has 1 aliphatic rings. The number of nitrogens with zero attached hydrogens (tertiary/aromatic N) is 1. The molecule has 2 aromatic rings. The van der Waals surface area contributed by atoms with E-state index in [4.69, 9.17) is 11.6 Å². The Morgan fingerprint density at radius 2 is 1.92 bits per heavy atom. The largest absolute Gasteiger partial charge is 0.478 e. The van der Waals surface area contributed by atoms with Gasteiger partial charge in [-0.2, -0.15) is 0 Å². The first kappa shape index (κ1) is 18.3. The number of carboxylic acids is 1. The summed E-state index contributed by atoms with van der Waals surface area (Å²) in [5, 5.41) is 12.8. The number of rotatable bonds is 4. The summed E-state index contributed by atoms with van der Waals surface area (Å²) >= 11 is 5.83. The van der Waals surface area contributed by atoms with Crippen molar-refractivity contribution in [2.24, 2.45) is 5.92 Å². The molecule has 0 saturated carbocycles. The molecule has 1 unspecified atom stereocenters. The predicted molar refractivity (Wildman–Crippen MR) is 103 cm³/mol. The Hall–Kier alpha value is -2.53. The first-order valence-corrected chi connectivity index (χ1v) is 9.01. The Balaban J connectivity index is 1.84. The van der Waals surface area contributed by atoms with E-state index >= 15 is 0 Å². The van der Waals surface area contributed by atoms with Crippen LogP contribution in [0.3, 0.4) is 0 Å². The number of nitrogens with one attached hydrogen (secondary N) is 1. The third-order valence-electron chi connectivity index (χ3n) is 4.61. The van der Waals surface area contributed by atoms with Gasteiger partial charge in [0, 0.05) is 29.4 Å². The van der Waals surface area contributed by atoms with Crippen molar-refractivity contribution in [3.63, 3.8) is 0 Å². The van der Waals surface area contributed by atoms with Crippen LogP contribution in [-0.4, -0.2) is 30.1 Å². The first-order chi connectivity index (χ1) is 12.4. The van der Waals surface area contributed by atoms with Crippen LogP contribution in [-0.2, 0) is 0 Å². The fourth-order valence-corrected chi connectivity index (χ4v) is 3.36. The van der Waals surface area contributed by atoms with Crippen molar-refractivity contribution in [1.29, 1.82) is 0 Å². The van der Waals surface area contributed by atoms with Gasteiger partial charge in [-0.3, -0.25) is 4.79 Å². The smallest absolute Gasteiger partial charge is 0.337 e. The number of hydrogen-bond donors (Lipinski definition) is 2. The Morgan fingerprint density at radius 3 is 2.58 bits per heavy atom. The highest BCUT2D eigenvalue weighted by atomic mass is 35.5. The number of hydrogen-bond acceptors (Lipinski definition) is 3. The van der Waals surface area contributed by atoms with Crippen molar-refractivity contribution in [3.8, 4) is 0 Å². The van der Waals surface area contributed by atoms with Crippen LogP contribution in [0.4, 0.5) is 11.4 Å². The van der Waals surface area contributed by atoms with Crippen molar-refractivity contribution in [3.05, 3.63) is 58.6 Å². The topological polar surface area (TPSA) is 69.6 Å². The number of halogens is 1. The first-order valence-electron chi connectivity index (χ1n) is 8.63. The summed E-state index contributed by atoms with van der Waals surface area (Å²) in [6, 6.07) is 11.6. The van der Waals surface area contributed by atoms with Gasteiger partial charge in [0.15, 0.2) is 0 Å². The predicted octanol–water partition coefficient (Wildman–Crippen LogP) is 4.53. The molecule has 1 amide bonds. The maximum Gasteiger partial charge on any atom is 0.337 e. The summed E-state index contributed by atoms with van der Waals surface area (Å²) in [6.45, 7) is 4.03. The van der Waals surface area contributed by atoms with E-state index in [1.807, 2.05) is 6.07 Å². The minimum atomic E-state index is -1.07. The van der Waals surface area contributed by atoms with Crippen LogP contribution >= 0.6 is 11.6 Å². The number of carboxylic acid groups (broad SMARTS) is 1. The van der Waals surface area contributed by atoms with Gasteiger partial charge in [0.1, 0.15) is 0 Å². The molecule has 0 aromatic heterocycles. The SMILES string of the molecule is CC1CCCN(c2ccc(NC(=O)c3ccc(Cl)cc3)c(C(=O)O)c2)C1. The lowest BCUT2D eigenvalue weighted by Gasteiger charge is -2.33. The maximum absolute atomic E-state index is 12.4. The number of carbonyl (C=O) groups excluding carboxylic acids is 1. The summed E-state index contributed by atoms with van der Waals surface area (Å²) in [6.07, 6.45) is 2.29. The third kappa shape index (κ3) is 4.17. The van der Waals surface area contributed by atoms with Crippen LogP contribution in [0.15, 0.2) is 42.5 Å². The van der Waals surface area contributed by atoms with Crippen LogP contribution in [0.5, 0.6) is 0 Å². The minimum Gasteiger partial charge on any atom is -0.478 e. The highest BCUT2D eigenvalue weighted by molar-refractivity contribution is 6.30. The second-order valence-electron chi connectivity index (χ2n) is 6.69. The van der Waals surface area contributed by atoms with Gasteiger partial charge in [0.05, 0.1) is 11.3 Å². The number of carbonyl (C=O) groups is 2. The molecule has 3 rings (SSSR count). The monoisotopic (exact) mass is 372 g/mol. The van der Waals surface area contributed by atoms with Crippen LogP contribution in [0.2, 0.25) is 5.02 Å². The number of anilines is 2. The Bertz CT molecular complexity index is 820. The van der Waals surface area contributed by atoms with Gasteiger partial charge in [-0.05, 0) is 61.2 Å². The van der Waals surface area contributed by atoms with E-state index in [9.17, 15) is 14.7 Å². The molecule has 1 heterocycles. The molecule has 1 fully saturated rings. The summed E-state index contributed by atoms with van der Waals surface area (Å²) < 4.78 is 0. The molecule has 1 saturated heterocycles. The molecule has 6 heteroatoms. The fraction of sp³-hybridized carbons (Fsp3) is 0.300. The van der Waals surface area contributed by atoms with E-state index in [0.717, 1.165) is 25.2 Å². The molecule has 136 valence electrons. The van der Waals surface area contributed by atoms with Gasteiger partial charge in [0.2, 0.25) is 0 Å². The molecular formula is C20H21ClN2O3. The van der Waals surface area contributed by atoms with Crippen LogP contribution < -0.4 is 10.2 Å². The average Bonchev–Trinajstić information content (AvgIpc) is 2.62. The quantitative estimate of drug-likeness (QED) is 0.827. The zero-order valence-corrected chi connectivity index (χ0v) is 15.3. The molecule has 0 spiro atoms. The van der Waals surface area contributed by atoms with Crippen LogP contribution in [0.25, 0.3) is 0 Å². The third-order valence-corrected chi connectivity index (χ3v) is 4.86.